The van der Waals surface area contributed by atoms with Crippen LogP contribution in [0.2, 0.25) is 0 Å². The Morgan fingerprint density at radius 2 is 1.92 bits per heavy atom. The van der Waals surface area contributed by atoms with E-state index in [-0.39, 0.29) is 36.5 Å². The minimum absolute atomic E-state index is 0.0863. The number of carbonyl (C=O) groups is 1. The molecule has 11 heteroatoms. The fourth-order valence-corrected chi connectivity index (χ4v) is 4.30. The third kappa shape index (κ3) is 4.76. The highest BCUT2D eigenvalue weighted by molar-refractivity contribution is 6.06. The van der Waals surface area contributed by atoms with E-state index >= 15 is 0 Å². The summed E-state index contributed by atoms with van der Waals surface area (Å²) in [7, 11) is 1.46. The van der Waals surface area contributed by atoms with Gasteiger partial charge >= 0.3 is 0 Å². The number of aliphatic hydroxyl groups excluding tert-OH is 1. The molecule has 5 rings (SSSR count). The third-order valence-corrected chi connectivity index (χ3v) is 5.96. The summed E-state index contributed by atoms with van der Waals surface area (Å²) in [5.41, 5.74) is 3.28. The molecule has 37 heavy (non-hydrogen) atoms. The lowest BCUT2D eigenvalue weighted by Crippen LogP contribution is -2.16. The van der Waals surface area contributed by atoms with Gasteiger partial charge in [-0.3, -0.25) is 15.1 Å². The second-order valence-electron chi connectivity index (χ2n) is 8.21. The van der Waals surface area contributed by atoms with Gasteiger partial charge in [0.15, 0.2) is 5.65 Å². The average molecular weight is 499 g/mol. The zero-order valence-electron chi connectivity index (χ0n) is 20.4. The Balaban J connectivity index is 1.60. The van der Waals surface area contributed by atoms with Crippen LogP contribution >= 0.6 is 0 Å². The lowest BCUT2D eigenvalue weighted by atomic mass is 9.94. The molecule has 0 spiro atoms. The van der Waals surface area contributed by atoms with E-state index in [1.807, 2.05) is 47.9 Å². The van der Waals surface area contributed by atoms with Gasteiger partial charge in [-0.2, -0.15) is 4.98 Å². The van der Waals surface area contributed by atoms with Crippen molar-refractivity contribution in [3.63, 3.8) is 0 Å². The number of pyridine rings is 2. The number of nitrogens with one attached hydrogen (secondary N) is 1. The number of benzene rings is 1. The molecule has 5 aromatic rings. The fourth-order valence-electron chi connectivity index (χ4n) is 4.30. The van der Waals surface area contributed by atoms with E-state index in [4.69, 9.17) is 14.8 Å². The number of aliphatic hydroxyl groups is 1. The molecule has 1 amide bonds. The first kappa shape index (κ1) is 24.1. The first-order valence-corrected chi connectivity index (χ1v) is 11.9. The maximum atomic E-state index is 13.2. The van der Waals surface area contributed by atoms with Crippen LogP contribution in [-0.4, -0.2) is 59.0 Å². The molecular weight excluding hydrogens is 472 g/mol. The molecule has 0 radical (unpaired) electrons. The highest BCUT2D eigenvalue weighted by atomic mass is 16.5. The molecule has 0 aliphatic rings. The van der Waals surface area contributed by atoms with Crippen molar-refractivity contribution in [3.05, 3.63) is 89.8 Å². The predicted molar refractivity (Wildman–Crippen MR) is 136 cm³/mol. The second kappa shape index (κ2) is 10.5. The second-order valence-corrected chi connectivity index (χ2v) is 8.21. The predicted octanol–water partition coefficient (Wildman–Crippen LogP) is 2.87. The highest BCUT2D eigenvalue weighted by Crippen LogP contribution is 2.33. The summed E-state index contributed by atoms with van der Waals surface area (Å²) in [5, 5.41) is 15.9. The normalized spacial score (nSPS) is 12.0. The number of aryl methyl sites for hydroxylation is 1. The maximum absolute atomic E-state index is 13.2. The summed E-state index contributed by atoms with van der Waals surface area (Å²) >= 11 is 0. The Hall–Kier alpha value is -4.64. The highest BCUT2D eigenvalue weighted by Gasteiger charge is 2.27. The number of fused-ring (bicyclic) bond motifs is 1. The largest absolute Gasteiger partial charge is 0.480 e. The van der Waals surface area contributed by atoms with Gasteiger partial charge < -0.3 is 14.4 Å². The molecule has 4 aromatic heterocycles. The van der Waals surface area contributed by atoms with Crippen molar-refractivity contribution in [2.45, 2.75) is 25.9 Å². The Kier molecular flexibility index (Phi) is 6.86. The van der Waals surface area contributed by atoms with Gasteiger partial charge in [0, 0.05) is 12.7 Å². The van der Waals surface area contributed by atoms with Crippen LogP contribution in [0.15, 0.2) is 67.1 Å². The molecule has 0 aliphatic carbocycles. The molecule has 0 bridgehead atoms. The zero-order chi connectivity index (χ0) is 25.8. The van der Waals surface area contributed by atoms with Gasteiger partial charge in [0.2, 0.25) is 11.8 Å². The Morgan fingerprint density at radius 3 is 2.62 bits per heavy atom. The molecule has 0 saturated carbocycles. The van der Waals surface area contributed by atoms with E-state index in [2.05, 4.69) is 37.5 Å². The van der Waals surface area contributed by atoms with Crippen molar-refractivity contribution in [2.75, 3.05) is 19.0 Å². The number of methoxy groups -OCH3 is 1. The smallest absolute Gasteiger partial charge is 0.263 e. The lowest BCUT2D eigenvalue weighted by Gasteiger charge is -2.18. The number of nitrogens with zero attached hydrogens (tertiary/aromatic N) is 7. The number of rotatable bonds is 9. The van der Waals surface area contributed by atoms with E-state index in [0.717, 1.165) is 17.1 Å². The van der Waals surface area contributed by atoms with Crippen LogP contribution in [0.25, 0.3) is 11.2 Å². The van der Waals surface area contributed by atoms with Crippen molar-refractivity contribution in [3.8, 4) is 5.88 Å². The van der Waals surface area contributed by atoms with Crippen molar-refractivity contribution < 1.29 is 14.6 Å². The Bertz CT molecular complexity index is 1480. The van der Waals surface area contributed by atoms with E-state index in [1.165, 1.54) is 18.1 Å². The van der Waals surface area contributed by atoms with Crippen LogP contribution in [0.5, 0.6) is 5.88 Å². The first-order valence-electron chi connectivity index (χ1n) is 11.9. The molecule has 1 aromatic carbocycles. The molecule has 0 aliphatic heterocycles. The Morgan fingerprint density at radius 1 is 1.11 bits per heavy atom. The van der Waals surface area contributed by atoms with Crippen molar-refractivity contribution in [2.24, 2.45) is 0 Å². The van der Waals surface area contributed by atoms with Gasteiger partial charge in [-0.25, -0.2) is 14.6 Å². The van der Waals surface area contributed by atoms with Crippen LogP contribution < -0.4 is 10.1 Å². The third-order valence-electron chi connectivity index (χ3n) is 5.96. The SMILES string of the molecule is CCn1c(C(c2ccccc2)c2ccccn2)nc2nc(OC)c(C(=O)Nc3ncn(CCO)n3)cc21. The fraction of sp³-hybridized carbons (Fsp3) is 0.231. The lowest BCUT2D eigenvalue weighted by molar-refractivity contribution is 0.102. The van der Waals surface area contributed by atoms with Crippen LogP contribution in [0.3, 0.4) is 0 Å². The number of carbonyl (C=O) groups excluding carboxylic acids is 1. The molecule has 1 atom stereocenters. The minimum Gasteiger partial charge on any atom is -0.480 e. The summed E-state index contributed by atoms with van der Waals surface area (Å²) in [6.07, 6.45) is 3.20. The van der Waals surface area contributed by atoms with E-state index in [1.54, 1.807) is 12.3 Å². The van der Waals surface area contributed by atoms with E-state index in [0.29, 0.717) is 17.7 Å². The summed E-state index contributed by atoms with van der Waals surface area (Å²) in [6.45, 7) is 2.81. The average Bonchev–Trinajstić information content (AvgIpc) is 3.52. The molecule has 11 nitrogen and oxygen atoms in total. The van der Waals surface area contributed by atoms with Gasteiger partial charge in [0.25, 0.3) is 5.91 Å². The van der Waals surface area contributed by atoms with Crippen molar-refractivity contribution >= 4 is 23.0 Å². The Labute approximate surface area is 212 Å². The van der Waals surface area contributed by atoms with E-state index in [9.17, 15) is 4.79 Å². The molecule has 2 N–H and O–H groups in total. The number of imidazole rings is 1. The molecule has 4 heterocycles. The monoisotopic (exact) mass is 498 g/mol. The first-order chi connectivity index (χ1) is 18.1. The van der Waals surface area contributed by atoms with Crippen LogP contribution in [-0.2, 0) is 13.1 Å². The zero-order valence-corrected chi connectivity index (χ0v) is 20.4. The van der Waals surface area contributed by atoms with Crippen molar-refractivity contribution in [1.82, 2.24) is 34.3 Å². The quantitative estimate of drug-likeness (QED) is 0.317. The summed E-state index contributed by atoms with van der Waals surface area (Å²) < 4.78 is 8.94. The topological polar surface area (TPSA) is 133 Å². The van der Waals surface area contributed by atoms with Gasteiger partial charge in [-0.1, -0.05) is 36.4 Å². The number of aromatic nitrogens is 7. The number of anilines is 1. The van der Waals surface area contributed by atoms with Gasteiger partial charge in [0.05, 0.1) is 37.4 Å². The standard InChI is InChI=1S/C26H26N8O3/c1-3-34-20-15-18(24(36)31-26-28-16-33(32-26)13-14-35)25(37-2)30-22(20)29-23(34)21(17-9-5-4-6-10-17)19-11-7-8-12-27-19/h4-12,15-16,21,35H,3,13-14H2,1-2H3,(H,31,32,36). The van der Waals surface area contributed by atoms with Crippen LogP contribution in [0, 0.1) is 0 Å². The molecule has 0 fully saturated rings. The minimum atomic E-state index is -0.470. The number of hydrogen-bond acceptors (Lipinski definition) is 8. The van der Waals surface area contributed by atoms with Gasteiger partial charge in [-0.15, -0.1) is 5.10 Å². The van der Waals surface area contributed by atoms with Crippen LogP contribution in [0.1, 0.15) is 40.3 Å². The summed E-state index contributed by atoms with van der Waals surface area (Å²) in [5.74, 6) is 0.312. The molecular formula is C26H26N8O3. The summed E-state index contributed by atoms with van der Waals surface area (Å²) in [4.78, 5) is 31.4. The molecule has 0 saturated heterocycles. The number of hydrogen-bond donors (Lipinski definition) is 2. The van der Waals surface area contributed by atoms with Gasteiger partial charge in [-0.05, 0) is 30.7 Å². The van der Waals surface area contributed by atoms with E-state index < -0.39 is 5.91 Å². The molecule has 188 valence electrons. The van der Waals surface area contributed by atoms with Gasteiger partial charge in [0.1, 0.15) is 17.7 Å². The number of amides is 1. The van der Waals surface area contributed by atoms with Crippen molar-refractivity contribution in [1.29, 1.82) is 0 Å². The van der Waals surface area contributed by atoms with Crippen LogP contribution in [0.4, 0.5) is 5.95 Å². The summed E-state index contributed by atoms with van der Waals surface area (Å²) in [6, 6.07) is 17.6. The molecule has 1 unspecified atom stereocenters. The maximum Gasteiger partial charge on any atom is 0.263 e. The number of ether oxygens (including phenoxy) is 1.